The van der Waals surface area contributed by atoms with Gasteiger partial charge in [0.25, 0.3) is 5.91 Å². The number of nitrogens with zero attached hydrogens (tertiary/aromatic N) is 3. The first-order valence-electron chi connectivity index (χ1n) is 9.54. The molecule has 5 nitrogen and oxygen atoms in total. The lowest BCUT2D eigenvalue weighted by molar-refractivity contribution is 0.0780. The number of amides is 1. The van der Waals surface area contributed by atoms with E-state index in [1.165, 1.54) is 10.9 Å². The van der Waals surface area contributed by atoms with Crippen LogP contribution in [0.15, 0.2) is 30.3 Å². The van der Waals surface area contributed by atoms with E-state index in [2.05, 4.69) is 53.3 Å². The summed E-state index contributed by atoms with van der Waals surface area (Å²) in [5, 5.41) is 1.20. The normalized spacial score (nSPS) is 15.0. The van der Waals surface area contributed by atoms with Crippen LogP contribution in [0.1, 0.15) is 43.2 Å². The Hall–Kier alpha value is -2.27. The van der Waals surface area contributed by atoms with Crippen molar-refractivity contribution in [1.82, 2.24) is 14.0 Å². The van der Waals surface area contributed by atoms with Crippen LogP contribution in [0.5, 0.6) is 0 Å². The van der Waals surface area contributed by atoms with Gasteiger partial charge < -0.3 is 18.8 Å². The van der Waals surface area contributed by atoms with Gasteiger partial charge in [-0.15, -0.1) is 0 Å². The standard InChI is InChI=1S/C21H27N3O2/c1-15(2)24-17-9-5-4-8-16(17)20-18(24)14-19(23(20)12-13-26-3)21(25)22-10-6-7-11-22/h4-5,8-9,14-15H,6-7,10-13H2,1-3H3. The zero-order valence-electron chi connectivity index (χ0n) is 15.9. The van der Waals surface area contributed by atoms with Crippen LogP contribution in [0.25, 0.3) is 21.9 Å². The number of para-hydroxylation sites is 1. The van der Waals surface area contributed by atoms with Crippen LogP contribution < -0.4 is 0 Å². The van der Waals surface area contributed by atoms with Crippen LogP contribution in [0.2, 0.25) is 0 Å². The third-order valence-corrected chi connectivity index (χ3v) is 5.40. The van der Waals surface area contributed by atoms with E-state index in [1.807, 2.05) is 4.90 Å². The fourth-order valence-electron chi connectivity index (χ4n) is 4.25. The molecule has 3 aromatic rings. The van der Waals surface area contributed by atoms with Crippen molar-refractivity contribution in [2.75, 3.05) is 26.8 Å². The molecule has 0 N–H and O–H groups in total. The molecule has 138 valence electrons. The number of carbonyl (C=O) groups is 1. The van der Waals surface area contributed by atoms with Crippen molar-refractivity contribution < 1.29 is 9.53 Å². The molecular weight excluding hydrogens is 326 g/mol. The maximum absolute atomic E-state index is 13.2. The predicted octanol–water partition coefficient (Wildman–Crippen LogP) is 4.06. The van der Waals surface area contributed by atoms with Crippen LogP contribution in [0.3, 0.4) is 0 Å². The van der Waals surface area contributed by atoms with Crippen molar-refractivity contribution in [3.8, 4) is 0 Å². The van der Waals surface area contributed by atoms with Crippen LogP contribution >= 0.6 is 0 Å². The van der Waals surface area contributed by atoms with Gasteiger partial charge in [0, 0.05) is 38.2 Å². The molecule has 26 heavy (non-hydrogen) atoms. The van der Waals surface area contributed by atoms with Gasteiger partial charge in [0.05, 0.1) is 23.2 Å². The lowest BCUT2D eigenvalue weighted by Crippen LogP contribution is -2.30. The maximum atomic E-state index is 13.2. The van der Waals surface area contributed by atoms with E-state index in [-0.39, 0.29) is 5.91 Å². The lowest BCUT2D eigenvalue weighted by atomic mass is 10.2. The first kappa shape index (κ1) is 17.2. The number of likely N-dealkylation sites (tertiary alicyclic amines) is 1. The Morgan fingerprint density at radius 1 is 1.15 bits per heavy atom. The van der Waals surface area contributed by atoms with Gasteiger partial charge in [0.2, 0.25) is 0 Å². The average Bonchev–Trinajstić information content (AvgIpc) is 3.34. The van der Waals surface area contributed by atoms with Gasteiger partial charge in [-0.1, -0.05) is 18.2 Å². The van der Waals surface area contributed by atoms with Crippen LogP contribution in [0.4, 0.5) is 0 Å². The van der Waals surface area contributed by atoms with Gasteiger partial charge in [-0.2, -0.15) is 0 Å². The number of hydrogen-bond acceptors (Lipinski definition) is 2. The van der Waals surface area contributed by atoms with Crippen LogP contribution in [-0.2, 0) is 11.3 Å². The van der Waals surface area contributed by atoms with Crippen LogP contribution in [-0.4, -0.2) is 46.7 Å². The largest absolute Gasteiger partial charge is 0.383 e. The topological polar surface area (TPSA) is 39.4 Å². The molecule has 1 saturated heterocycles. The fraction of sp³-hybridized carbons (Fsp3) is 0.476. The molecule has 1 aliphatic heterocycles. The first-order chi connectivity index (χ1) is 12.6. The molecule has 0 atom stereocenters. The fourth-order valence-corrected chi connectivity index (χ4v) is 4.25. The van der Waals surface area contributed by atoms with Gasteiger partial charge in [-0.25, -0.2) is 0 Å². The van der Waals surface area contributed by atoms with E-state index in [4.69, 9.17) is 4.74 Å². The van der Waals surface area contributed by atoms with Crippen molar-refractivity contribution in [3.63, 3.8) is 0 Å². The SMILES string of the molecule is COCCn1c(C(=O)N2CCCC2)cc2c1c1ccccc1n2C(C)C. The number of ether oxygens (including phenoxy) is 1. The second kappa shape index (κ2) is 6.80. The smallest absolute Gasteiger partial charge is 0.270 e. The third-order valence-electron chi connectivity index (χ3n) is 5.40. The number of benzene rings is 1. The summed E-state index contributed by atoms with van der Waals surface area (Å²) in [5.41, 5.74) is 4.29. The van der Waals surface area contributed by atoms with Crippen molar-refractivity contribution in [1.29, 1.82) is 0 Å². The number of hydrogen-bond donors (Lipinski definition) is 0. The molecule has 1 aliphatic rings. The molecular formula is C21H27N3O2. The summed E-state index contributed by atoms with van der Waals surface area (Å²) in [6.45, 7) is 7.39. The quantitative estimate of drug-likeness (QED) is 0.694. The highest BCUT2D eigenvalue weighted by Crippen LogP contribution is 2.34. The summed E-state index contributed by atoms with van der Waals surface area (Å²) in [6, 6.07) is 10.9. The average molecular weight is 353 g/mol. The molecule has 0 aliphatic carbocycles. The van der Waals surface area contributed by atoms with Gasteiger partial charge in [-0.3, -0.25) is 4.79 Å². The Kier molecular flexibility index (Phi) is 4.49. The minimum absolute atomic E-state index is 0.147. The minimum Gasteiger partial charge on any atom is -0.383 e. The molecule has 5 heteroatoms. The number of fused-ring (bicyclic) bond motifs is 3. The molecule has 0 spiro atoms. The van der Waals surface area contributed by atoms with Crippen LogP contribution in [0, 0.1) is 0 Å². The summed E-state index contributed by atoms with van der Waals surface area (Å²) < 4.78 is 9.85. The van der Waals surface area contributed by atoms with Crippen molar-refractivity contribution in [3.05, 3.63) is 36.0 Å². The van der Waals surface area contributed by atoms with Gasteiger partial charge in [-0.05, 0) is 38.8 Å². The van der Waals surface area contributed by atoms with E-state index in [9.17, 15) is 4.79 Å². The second-order valence-electron chi connectivity index (χ2n) is 7.39. The molecule has 1 aromatic carbocycles. The van der Waals surface area contributed by atoms with Crippen molar-refractivity contribution in [2.45, 2.75) is 39.3 Å². The summed E-state index contributed by atoms with van der Waals surface area (Å²) >= 11 is 0. The Balaban J connectivity index is 1.97. The molecule has 0 radical (unpaired) electrons. The summed E-state index contributed by atoms with van der Waals surface area (Å²) in [6.07, 6.45) is 2.20. The minimum atomic E-state index is 0.147. The predicted molar refractivity (Wildman–Crippen MR) is 105 cm³/mol. The summed E-state index contributed by atoms with van der Waals surface area (Å²) in [7, 11) is 1.71. The van der Waals surface area contributed by atoms with E-state index in [0.29, 0.717) is 19.2 Å². The number of rotatable bonds is 5. The van der Waals surface area contributed by atoms with Gasteiger partial charge in [0.15, 0.2) is 0 Å². The molecule has 3 heterocycles. The zero-order chi connectivity index (χ0) is 18.3. The Morgan fingerprint density at radius 2 is 1.88 bits per heavy atom. The molecule has 0 bridgehead atoms. The Bertz CT molecular complexity index is 945. The number of aromatic nitrogens is 2. The Morgan fingerprint density at radius 3 is 2.58 bits per heavy atom. The van der Waals surface area contributed by atoms with E-state index >= 15 is 0 Å². The highest BCUT2D eigenvalue weighted by molar-refractivity contribution is 6.10. The number of methoxy groups -OCH3 is 1. The zero-order valence-corrected chi connectivity index (χ0v) is 15.9. The molecule has 1 fully saturated rings. The summed E-state index contributed by atoms with van der Waals surface area (Å²) in [5.74, 6) is 0.147. The molecule has 0 unspecified atom stereocenters. The van der Waals surface area contributed by atoms with Crippen molar-refractivity contribution >= 4 is 27.8 Å². The molecule has 0 saturated carbocycles. The lowest BCUT2D eigenvalue weighted by Gasteiger charge is -2.17. The van der Waals surface area contributed by atoms with Crippen molar-refractivity contribution in [2.24, 2.45) is 0 Å². The van der Waals surface area contributed by atoms with Gasteiger partial charge in [0.1, 0.15) is 5.69 Å². The van der Waals surface area contributed by atoms with E-state index in [1.54, 1.807) is 7.11 Å². The first-order valence-corrected chi connectivity index (χ1v) is 9.54. The molecule has 1 amide bonds. The number of carbonyl (C=O) groups excluding carboxylic acids is 1. The van der Waals surface area contributed by atoms with E-state index in [0.717, 1.165) is 42.7 Å². The highest BCUT2D eigenvalue weighted by Gasteiger charge is 2.26. The molecule has 2 aromatic heterocycles. The Labute approximate surface area is 154 Å². The summed E-state index contributed by atoms with van der Waals surface area (Å²) in [4.78, 5) is 15.2. The molecule has 4 rings (SSSR count). The highest BCUT2D eigenvalue weighted by atomic mass is 16.5. The van der Waals surface area contributed by atoms with E-state index < -0.39 is 0 Å². The maximum Gasteiger partial charge on any atom is 0.270 e. The second-order valence-corrected chi connectivity index (χ2v) is 7.39. The van der Waals surface area contributed by atoms with Gasteiger partial charge >= 0.3 is 0 Å². The monoisotopic (exact) mass is 353 g/mol. The third kappa shape index (κ3) is 2.62.